The van der Waals surface area contributed by atoms with Gasteiger partial charge in [-0.3, -0.25) is 4.57 Å². The molecule has 1 aliphatic heterocycles. The predicted octanol–water partition coefficient (Wildman–Crippen LogP) is 9.15. The van der Waals surface area contributed by atoms with Crippen molar-refractivity contribution in [2.75, 3.05) is 0 Å². The molecule has 8 aromatic rings. The summed E-state index contributed by atoms with van der Waals surface area (Å²) in [7, 11) is 0. The Morgan fingerprint density at radius 3 is 1.62 bits per heavy atom. The highest BCUT2D eigenvalue weighted by molar-refractivity contribution is 5.88. The van der Waals surface area contributed by atoms with Gasteiger partial charge in [0.1, 0.15) is 11.3 Å². The molecule has 220 valence electrons. The maximum atomic E-state index is 6.65. The minimum absolute atomic E-state index is 0.566. The molecule has 0 saturated carbocycles. The van der Waals surface area contributed by atoms with Crippen molar-refractivity contribution in [1.29, 1.82) is 0 Å². The van der Waals surface area contributed by atoms with Crippen LogP contribution in [-0.4, -0.2) is 24.5 Å². The van der Waals surface area contributed by atoms with E-state index in [4.69, 9.17) is 24.7 Å². The monoisotopic (exact) mass is 603 g/mol. The molecule has 0 fully saturated rings. The van der Waals surface area contributed by atoms with E-state index < -0.39 is 5.54 Å². The number of aromatic nitrogens is 5. The SMILES string of the molecule is c1ccc(-c2nc(-c3ccccc3)nc(-c3ccc4c(c3)C3(c5ccccc5-c5ccccc53)n3c(nc5ccccc53)O4)n2)cc1. The maximum absolute atomic E-state index is 6.65. The highest BCUT2D eigenvalue weighted by Gasteiger charge is 2.52. The fourth-order valence-electron chi connectivity index (χ4n) is 7.34. The second-order valence-electron chi connectivity index (χ2n) is 11.9. The summed E-state index contributed by atoms with van der Waals surface area (Å²) in [6.45, 7) is 0. The van der Waals surface area contributed by atoms with Crippen LogP contribution in [0.25, 0.3) is 56.3 Å². The average molecular weight is 604 g/mol. The Morgan fingerprint density at radius 1 is 0.447 bits per heavy atom. The van der Waals surface area contributed by atoms with E-state index in [1.54, 1.807) is 0 Å². The number of hydrogen-bond donors (Lipinski definition) is 0. The lowest BCUT2D eigenvalue weighted by Gasteiger charge is -2.39. The molecule has 2 aliphatic rings. The van der Waals surface area contributed by atoms with E-state index in [1.165, 1.54) is 22.3 Å². The van der Waals surface area contributed by atoms with Crippen molar-refractivity contribution in [2.24, 2.45) is 0 Å². The summed E-state index contributed by atoms with van der Waals surface area (Å²) in [5.74, 6) is 2.59. The third-order valence-corrected chi connectivity index (χ3v) is 9.32. The van der Waals surface area contributed by atoms with Crippen molar-refractivity contribution in [3.05, 3.63) is 168 Å². The Labute approximate surface area is 270 Å². The Hall–Kier alpha value is -6.40. The van der Waals surface area contributed by atoms with Gasteiger partial charge in [-0.05, 0) is 52.6 Å². The van der Waals surface area contributed by atoms with E-state index in [0.29, 0.717) is 23.5 Å². The highest BCUT2D eigenvalue weighted by atomic mass is 16.5. The van der Waals surface area contributed by atoms with Gasteiger partial charge >= 0.3 is 6.01 Å². The number of fused-ring (bicyclic) bond motifs is 11. The zero-order valence-electron chi connectivity index (χ0n) is 25.1. The van der Waals surface area contributed by atoms with Crippen LogP contribution in [0, 0.1) is 0 Å². The summed E-state index contributed by atoms with van der Waals surface area (Å²) in [6.07, 6.45) is 0. The van der Waals surface area contributed by atoms with Crippen molar-refractivity contribution in [3.8, 4) is 57.1 Å². The summed E-state index contributed by atoms with van der Waals surface area (Å²) >= 11 is 0. The number of nitrogens with zero attached hydrogens (tertiary/aromatic N) is 5. The van der Waals surface area contributed by atoms with Gasteiger partial charge in [-0.2, -0.15) is 4.98 Å². The van der Waals surface area contributed by atoms with E-state index >= 15 is 0 Å². The molecule has 1 aliphatic carbocycles. The van der Waals surface area contributed by atoms with Crippen LogP contribution in [0.5, 0.6) is 11.8 Å². The van der Waals surface area contributed by atoms with Crippen LogP contribution in [-0.2, 0) is 5.54 Å². The lowest BCUT2D eigenvalue weighted by Crippen LogP contribution is -2.38. The van der Waals surface area contributed by atoms with E-state index in [-0.39, 0.29) is 0 Å². The molecular weight excluding hydrogens is 578 g/mol. The van der Waals surface area contributed by atoms with Gasteiger partial charge in [0, 0.05) is 22.3 Å². The summed E-state index contributed by atoms with van der Waals surface area (Å²) in [4.78, 5) is 20.0. The molecule has 1 spiro atoms. The van der Waals surface area contributed by atoms with Crippen LogP contribution >= 0.6 is 0 Å². The first-order chi connectivity index (χ1) is 23.3. The van der Waals surface area contributed by atoms with Crippen molar-refractivity contribution in [3.63, 3.8) is 0 Å². The summed E-state index contributed by atoms with van der Waals surface area (Å²) in [5, 5.41) is 0. The molecule has 6 aromatic carbocycles. The van der Waals surface area contributed by atoms with Gasteiger partial charge in [0.2, 0.25) is 0 Å². The quantitative estimate of drug-likeness (QED) is 0.202. The Kier molecular flexibility index (Phi) is 5.40. The first kappa shape index (κ1) is 25.9. The van der Waals surface area contributed by atoms with E-state index in [9.17, 15) is 0 Å². The van der Waals surface area contributed by atoms with Gasteiger partial charge in [-0.1, -0.05) is 121 Å². The first-order valence-electron chi connectivity index (χ1n) is 15.7. The van der Waals surface area contributed by atoms with Crippen molar-refractivity contribution < 1.29 is 4.74 Å². The van der Waals surface area contributed by atoms with Crippen LogP contribution in [0.15, 0.2) is 152 Å². The van der Waals surface area contributed by atoms with Gasteiger partial charge in [-0.15, -0.1) is 0 Å². The van der Waals surface area contributed by atoms with Gasteiger partial charge in [0.25, 0.3) is 0 Å². The maximum Gasteiger partial charge on any atom is 0.304 e. The van der Waals surface area contributed by atoms with Crippen LogP contribution < -0.4 is 4.74 Å². The summed E-state index contributed by atoms with van der Waals surface area (Å²) in [5.41, 5.74) is 9.64. The number of ether oxygens (including phenoxy) is 1. The lowest BCUT2D eigenvalue weighted by molar-refractivity contribution is 0.340. The Balaban J connectivity index is 1.28. The summed E-state index contributed by atoms with van der Waals surface area (Å²) in [6, 6.07) is 52.6. The van der Waals surface area contributed by atoms with E-state index in [1.807, 2.05) is 84.9 Å². The fraction of sp³-hybridized carbons (Fsp3) is 0.0244. The molecule has 0 N–H and O–H groups in total. The highest BCUT2D eigenvalue weighted by Crippen LogP contribution is 2.59. The van der Waals surface area contributed by atoms with Gasteiger partial charge < -0.3 is 4.74 Å². The molecule has 47 heavy (non-hydrogen) atoms. The average Bonchev–Trinajstić information content (AvgIpc) is 3.66. The third kappa shape index (κ3) is 3.66. The number of benzene rings is 6. The predicted molar refractivity (Wildman–Crippen MR) is 183 cm³/mol. The van der Waals surface area contributed by atoms with Crippen LogP contribution in [0.3, 0.4) is 0 Å². The normalized spacial score (nSPS) is 13.4. The Morgan fingerprint density at radius 2 is 0.979 bits per heavy atom. The van der Waals surface area contributed by atoms with Gasteiger partial charge in [-0.25, -0.2) is 15.0 Å². The molecule has 0 saturated heterocycles. The van der Waals surface area contributed by atoms with Gasteiger partial charge in [0.05, 0.1) is 11.0 Å². The molecule has 0 atom stereocenters. The Bertz CT molecular complexity index is 2400. The molecule has 3 heterocycles. The number of para-hydroxylation sites is 2. The molecule has 6 nitrogen and oxygen atoms in total. The van der Waals surface area contributed by atoms with Crippen LogP contribution in [0.1, 0.15) is 16.7 Å². The van der Waals surface area contributed by atoms with Crippen LogP contribution in [0.4, 0.5) is 0 Å². The van der Waals surface area contributed by atoms with Gasteiger partial charge in [0.15, 0.2) is 17.5 Å². The zero-order chi connectivity index (χ0) is 31.0. The van der Waals surface area contributed by atoms with E-state index in [0.717, 1.165) is 39.0 Å². The molecule has 0 bridgehead atoms. The molecule has 6 heteroatoms. The topological polar surface area (TPSA) is 65.7 Å². The molecule has 10 rings (SSSR count). The number of imidazole rings is 1. The summed E-state index contributed by atoms with van der Waals surface area (Å²) < 4.78 is 8.93. The minimum atomic E-state index is -0.736. The second kappa shape index (κ2) is 9.80. The first-order valence-corrected chi connectivity index (χ1v) is 15.7. The largest absolute Gasteiger partial charge is 0.425 e. The molecule has 0 radical (unpaired) electrons. The number of hydrogen-bond acceptors (Lipinski definition) is 5. The second-order valence-corrected chi connectivity index (χ2v) is 11.9. The zero-order valence-corrected chi connectivity index (χ0v) is 25.1. The van der Waals surface area contributed by atoms with Crippen molar-refractivity contribution in [2.45, 2.75) is 5.54 Å². The van der Waals surface area contributed by atoms with Crippen molar-refractivity contribution >= 4 is 11.0 Å². The molecular formula is C41H25N5O. The minimum Gasteiger partial charge on any atom is -0.425 e. The smallest absolute Gasteiger partial charge is 0.304 e. The number of rotatable bonds is 3. The third-order valence-electron chi connectivity index (χ3n) is 9.32. The molecule has 0 amide bonds. The molecule has 2 aromatic heterocycles. The fourth-order valence-corrected chi connectivity index (χ4v) is 7.34. The van der Waals surface area contributed by atoms with Crippen molar-refractivity contribution in [1.82, 2.24) is 24.5 Å². The molecule has 0 unspecified atom stereocenters. The van der Waals surface area contributed by atoms with E-state index in [2.05, 4.69) is 71.3 Å². The standard InChI is InChI=1S/C41H25N5O/c1-3-13-26(14-4-1)37-43-38(27-15-5-2-6-16-27)45-39(44-37)28-23-24-36-33(25-28)41(46-35-22-12-11-21-34(35)42-40(46)47-36)31-19-9-7-17-29(31)30-18-8-10-20-32(30)41/h1-25H. The van der Waals surface area contributed by atoms with Crippen LogP contribution in [0.2, 0.25) is 0 Å². The lowest BCUT2D eigenvalue weighted by atomic mass is 9.78.